The number of fused-ring (bicyclic) bond motifs is 3. The van der Waals surface area contributed by atoms with Crippen molar-refractivity contribution in [1.29, 1.82) is 0 Å². The largest absolute Gasteiger partial charge is 0.456 e. The molecule has 1 heterocycles. The number of allylic oxidation sites excluding steroid dienone is 1. The first kappa shape index (κ1) is 29.4. The quantitative estimate of drug-likeness (QED) is 0.237. The SMILES string of the molecule is C=C(CCC)N[C@H](C(=O)N1CC2(CC2)C[C@H]1C(=O)OCC(=O)c1ccc2c(c1)C(F)(F)c1cc(Br)ccc1-2)C(C)C. The van der Waals surface area contributed by atoms with Gasteiger partial charge in [-0.15, -0.1) is 0 Å². The molecule has 1 saturated carbocycles. The van der Waals surface area contributed by atoms with Gasteiger partial charge < -0.3 is 15.0 Å². The van der Waals surface area contributed by atoms with E-state index in [0.717, 1.165) is 31.4 Å². The number of hydrogen-bond acceptors (Lipinski definition) is 5. The molecule has 2 aromatic rings. The Morgan fingerprint density at radius 2 is 1.78 bits per heavy atom. The van der Waals surface area contributed by atoms with E-state index in [1.165, 1.54) is 24.3 Å². The van der Waals surface area contributed by atoms with E-state index in [1.54, 1.807) is 17.0 Å². The van der Waals surface area contributed by atoms with Gasteiger partial charge in [0.25, 0.3) is 5.92 Å². The van der Waals surface area contributed by atoms with Gasteiger partial charge in [-0.3, -0.25) is 9.59 Å². The molecule has 0 unspecified atom stereocenters. The molecule has 1 amide bonds. The maximum atomic E-state index is 15.2. The molecular formula is C32H35BrF2N2O4. The van der Waals surface area contributed by atoms with Gasteiger partial charge in [-0.2, -0.15) is 8.78 Å². The minimum Gasteiger partial charge on any atom is -0.456 e. The highest BCUT2D eigenvalue weighted by molar-refractivity contribution is 9.10. The standard InChI is InChI=1S/C32H35BrF2N2O4/c1-5-6-19(4)36-28(18(2)3)29(39)37-17-31(11-12-31)15-26(37)30(40)41-16-27(38)20-7-9-22-23-10-8-21(33)14-25(23)32(34,35)24(22)13-20/h7-10,13-14,18,26,28,36H,4-6,11-12,15-17H2,1-3H3/t26-,28-/m0/s1. The number of benzene rings is 2. The number of halogens is 3. The van der Waals surface area contributed by atoms with E-state index >= 15 is 8.78 Å². The molecular weight excluding hydrogens is 594 g/mol. The lowest BCUT2D eigenvalue weighted by Crippen LogP contribution is -2.52. The van der Waals surface area contributed by atoms with Gasteiger partial charge >= 0.3 is 5.97 Å². The molecule has 0 bridgehead atoms. The third kappa shape index (κ3) is 5.57. The molecule has 2 aromatic carbocycles. The number of amides is 1. The lowest BCUT2D eigenvalue weighted by Gasteiger charge is -2.31. The molecule has 1 N–H and O–H groups in total. The van der Waals surface area contributed by atoms with Crippen molar-refractivity contribution in [3.05, 3.63) is 69.8 Å². The van der Waals surface area contributed by atoms with Gasteiger partial charge in [0.1, 0.15) is 12.1 Å². The zero-order valence-corrected chi connectivity index (χ0v) is 25.2. The smallest absolute Gasteiger partial charge is 0.329 e. The van der Waals surface area contributed by atoms with E-state index in [4.69, 9.17) is 4.74 Å². The van der Waals surface area contributed by atoms with Crippen LogP contribution < -0.4 is 5.32 Å². The van der Waals surface area contributed by atoms with E-state index in [2.05, 4.69) is 27.8 Å². The normalized spacial score (nSPS) is 20.0. The topological polar surface area (TPSA) is 75.7 Å². The Kier molecular flexibility index (Phi) is 7.87. The first-order chi connectivity index (χ1) is 19.4. The zero-order valence-electron chi connectivity index (χ0n) is 23.6. The zero-order chi connectivity index (χ0) is 29.7. The van der Waals surface area contributed by atoms with Crippen LogP contribution in [0, 0.1) is 11.3 Å². The van der Waals surface area contributed by atoms with E-state index in [0.29, 0.717) is 28.6 Å². The number of ether oxygens (including phenoxy) is 1. The number of alkyl halides is 2. The van der Waals surface area contributed by atoms with Crippen molar-refractivity contribution in [3.8, 4) is 11.1 Å². The molecule has 2 aliphatic carbocycles. The van der Waals surface area contributed by atoms with E-state index in [1.807, 2.05) is 20.8 Å². The van der Waals surface area contributed by atoms with Crippen molar-refractivity contribution in [2.75, 3.05) is 13.2 Å². The summed E-state index contributed by atoms with van der Waals surface area (Å²) < 4.78 is 36.5. The highest BCUT2D eigenvalue weighted by Crippen LogP contribution is 2.55. The Hall–Kier alpha value is -3.07. The second-order valence-corrected chi connectivity index (χ2v) is 12.9. The fraction of sp³-hybridized carbons (Fsp3) is 0.469. The number of nitrogens with one attached hydrogen (secondary N) is 1. The van der Waals surface area contributed by atoms with Crippen LogP contribution in [-0.4, -0.2) is 47.8 Å². The van der Waals surface area contributed by atoms with Gasteiger partial charge in [0, 0.05) is 33.4 Å². The summed E-state index contributed by atoms with van der Waals surface area (Å²) in [6.07, 6.45) is 4.00. The average molecular weight is 630 g/mol. The Labute approximate surface area is 247 Å². The second-order valence-electron chi connectivity index (χ2n) is 12.0. The number of hydrogen-bond donors (Lipinski definition) is 1. The van der Waals surface area contributed by atoms with Crippen LogP contribution in [0.1, 0.15) is 74.4 Å². The number of nitrogens with zero attached hydrogens (tertiary/aromatic N) is 1. The van der Waals surface area contributed by atoms with Crippen LogP contribution in [0.2, 0.25) is 0 Å². The second kappa shape index (κ2) is 11.0. The van der Waals surface area contributed by atoms with Crippen molar-refractivity contribution in [1.82, 2.24) is 10.2 Å². The molecule has 41 heavy (non-hydrogen) atoms. The highest BCUT2D eigenvalue weighted by atomic mass is 79.9. The summed E-state index contributed by atoms with van der Waals surface area (Å²) in [5.74, 6) is -4.69. The van der Waals surface area contributed by atoms with Gasteiger partial charge in [-0.1, -0.05) is 67.9 Å². The summed E-state index contributed by atoms with van der Waals surface area (Å²) in [7, 11) is 0. The van der Waals surface area contributed by atoms with Crippen molar-refractivity contribution in [3.63, 3.8) is 0 Å². The average Bonchev–Trinajstić information content (AvgIpc) is 3.52. The molecule has 1 spiro atoms. The summed E-state index contributed by atoms with van der Waals surface area (Å²) >= 11 is 3.25. The number of esters is 1. The van der Waals surface area contributed by atoms with Crippen LogP contribution in [0.15, 0.2) is 53.1 Å². The van der Waals surface area contributed by atoms with Crippen LogP contribution in [0.5, 0.6) is 0 Å². The molecule has 218 valence electrons. The van der Waals surface area contributed by atoms with E-state index in [9.17, 15) is 14.4 Å². The number of rotatable bonds is 10. The first-order valence-corrected chi connectivity index (χ1v) is 14.9. The molecule has 1 saturated heterocycles. The summed E-state index contributed by atoms with van der Waals surface area (Å²) in [5, 5.41) is 3.25. The number of carbonyl (C=O) groups is 3. The number of ketones is 1. The summed E-state index contributed by atoms with van der Waals surface area (Å²) in [4.78, 5) is 41.5. The van der Waals surface area contributed by atoms with E-state index in [-0.39, 0.29) is 33.9 Å². The van der Waals surface area contributed by atoms with Crippen molar-refractivity contribution in [2.24, 2.45) is 11.3 Å². The molecule has 0 radical (unpaired) electrons. The van der Waals surface area contributed by atoms with Crippen molar-refractivity contribution in [2.45, 2.75) is 70.9 Å². The Bertz CT molecular complexity index is 1420. The minimum absolute atomic E-state index is 0.0321. The number of likely N-dealkylation sites (tertiary alicyclic amines) is 1. The predicted molar refractivity (Wildman–Crippen MR) is 155 cm³/mol. The van der Waals surface area contributed by atoms with Crippen LogP contribution in [0.3, 0.4) is 0 Å². The monoisotopic (exact) mass is 628 g/mol. The molecule has 3 aliphatic rings. The van der Waals surface area contributed by atoms with Crippen molar-refractivity contribution < 1.29 is 27.9 Å². The number of carbonyl (C=O) groups excluding carboxylic acids is 3. The van der Waals surface area contributed by atoms with Gasteiger partial charge in [-0.05, 0) is 66.3 Å². The Morgan fingerprint density at radius 3 is 2.41 bits per heavy atom. The fourth-order valence-corrected chi connectivity index (χ4v) is 6.37. The third-order valence-corrected chi connectivity index (χ3v) is 8.99. The summed E-state index contributed by atoms with van der Waals surface area (Å²) in [5.41, 5.74) is 1.16. The lowest BCUT2D eigenvalue weighted by molar-refractivity contribution is -0.153. The molecule has 5 rings (SSSR count). The van der Waals surface area contributed by atoms with Crippen LogP contribution in [0.25, 0.3) is 11.1 Å². The maximum absolute atomic E-state index is 15.2. The van der Waals surface area contributed by atoms with Crippen LogP contribution in [-0.2, 0) is 20.2 Å². The predicted octanol–water partition coefficient (Wildman–Crippen LogP) is 6.60. The maximum Gasteiger partial charge on any atom is 0.329 e. The summed E-state index contributed by atoms with van der Waals surface area (Å²) in [6, 6.07) is 7.57. The third-order valence-electron chi connectivity index (χ3n) is 8.50. The van der Waals surface area contributed by atoms with Gasteiger partial charge in [0.05, 0.1) is 0 Å². The lowest BCUT2D eigenvalue weighted by atomic mass is 10.0. The molecule has 2 fully saturated rings. The Balaban J connectivity index is 1.28. The van der Waals surface area contributed by atoms with Gasteiger partial charge in [0.2, 0.25) is 5.91 Å². The van der Waals surface area contributed by atoms with Gasteiger partial charge in [0.15, 0.2) is 12.4 Å². The summed E-state index contributed by atoms with van der Waals surface area (Å²) in [6.45, 7) is 9.85. The van der Waals surface area contributed by atoms with Crippen molar-refractivity contribution >= 4 is 33.6 Å². The van der Waals surface area contributed by atoms with Crippen LogP contribution >= 0.6 is 15.9 Å². The minimum atomic E-state index is -3.26. The fourth-order valence-electron chi connectivity index (χ4n) is 6.01. The van der Waals surface area contributed by atoms with Crippen LogP contribution in [0.4, 0.5) is 8.78 Å². The molecule has 6 nitrogen and oxygen atoms in total. The van der Waals surface area contributed by atoms with E-state index < -0.39 is 36.4 Å². The molecule has 1 aliphatic heterocycles. The molecule has 0 aromatic heterocycles. The van der Waals surface area contributed by atoms with Gasteiger partial charge in [-0.25, -0.2) is 4.79 Å². The number of Topliss-reactive ketones (excluding diaryl/α,β-unsaturated/α-hetero) is 1. The highest BCUT2D eigenvalue weighted by Gasteiger charge is 2.56. The molecule has 9 heteroatoms. The Morgan fingerprint density at radius 1 is 1.12 bits per heavy atom. The first-order valence-electron chi connectivity index (χ1n) is 14.1. The molecule has 2 atom stereocenters.